The molecule has 1 aromatic rings. The molecule has 0 aliphatic rings. The number of phenols is 2. The van der Waals surface area contributed by atoms with Crippen LogP contribution in [-0.2, 0) is 12.8 Å². The van der Waals surface area contributed by atoms with Gasteiger partial charge in [0, 0.05) is 16.7 Å². The first-order chi connectivity index (χ1) is 8.31. The molecule has 0 heterocycles. The van der Waals surface area contributed by atoms with Gasteiger partial charge in [0.05, 0.1) is 0 Å². The van der Waals surface area contributed by atoms with Gasteiger partial charge in [0.2, 0.25) is 0 Å². The maximum atomic E-state index is 10.4. The summed E-state index contributed by atoms with van der Waals surface area (Å²) in [6.07, 6.45) is 1.56. The van der Waals surface area contributed by atoms with E-state index in [0.29, 0.717) is 17.4 Å². The Kier molecular flexibility index (Phi) is 4.66. The van der Waals surface area contributed by atoms with E-state index in [1.165, 1.54) is 0 Å². The monoisotopic (exact) mass is 250 g/mol. The van der Waals surface area contributed by atoms with Gasteiger partial charge in [-0.25, -0.2) is 0 Å². The van der Waals surface area contributed by atoms with Gasteiger partial charge in [-0.05, 0) is 37.2 Å². The Bertz CT molecular complexity index is 431. The number of phenolic OH excluding ortho intramolecular Hbond substituents is 2. The van der Waals surface area contributed by atoms with Gasteiger partial charge in [-0.3, -0.25) is 0 Å². The third-order valence-electron chi connectivity index (χ3n) is 3.49. The highest BCUT2D eigenvalue weighted by molar-refractivity contribution is 5.58. The fourth-order valence-electron chi connectivity index (χ4n) is 2.70. The van der Waals surface area contributed by atoms with Gasteiger partial charge in [-0.15, -0.1) is 0 Å². The quantitative estimate of drug-likeness (QED) is 0.783. The molecule has 18 heavy (non-hydrogen) atoms. The zero-order valence-electron chi connectivity index (χ0n) is 12.5. The van der Waals surface area contributed by atoms with E-state index in [4.69, 9.17) is 0 Å². The van der Waals surface area contributed by atoms with Crippen molar-refractivity contribution in [2.24, 2.45) is 5.92 Å². The van der Waals surface area contributed by atoms with Crippen LogP contribution >= 0.6 is 0 Å². The van der Waals surface area contributed by atoms with Gasteiger partial charge in [-0.1, -0.05) is 34.6 Å². The Balaban J connectivity index is 3.54. The molecule has 0 spiro atoms. The number of aromatic hydroxyl groups is 2. The summed E-state index contributed by atoms with van der Waals surface area (Å²) in [5, 5.41) is 20.8. The van der Waals surface area contributed by atoms with E-state index >= 15 is 0 Å². The average molecular weight is 250 g/mol. The normalized spacial score (nSPS) is 11.6. The number of benzene rings is 1. The van der Waals surface area contributed by atoms with E-state index in [2.05, 4.69) is 13.8 Å². The molecular weight excluding hydrogens is 224 g/mol. The summed E-state index contributed by atoms with van der Waals surface area (Å²) < 4.78 is 0. The molecule has 2 nitrogen and oxygen atoms in total. The Morgan fingerprint density at radius 2 is 1.50 bits per heavy atom. The number of rotatable bonds is 4. The number of hydrogen-bond acceptors (Lipinski definition) is 2. The van der Waals surface area contributed by atoms with E-state index in [1.54, 1.807) is 0 Å². The van der Waals surface area contributed by atoms with E-state index in [1.807, 2.05) is 27.7 Å². The minimum atomic E-state index is 0.217. The van der Waals surface area contributed by atoms with Crippen LogP contribution in [-0.4, -0.2) is 10.2 Å². The van der Waals surface area contributed by atoms with Crippen molar-refractivity contribution >= 4 is 0 Å². The van der Waals surface area contributed by atoms with Crippen LogP contribution in [0.15, 0.2) is 0 Å². The summed E-state index contributed by atoms with van der Waals surface area (Å²) in [7, 11) is 0. The smallest absolute Gasteiger partial charge is 0.123 e. The van der Waals surface area contributed by atoms with Crippen LogP contribution in [0.5, 0.6) is 11.5 Å². The minimum Gasteiger partial charge on any atom is -0.507 e. The van der Waals surface area contributed by atoms with Crippen molar-refractivity contribution in [3.05, 3.63) is 22.3 Å². The van der Waals surface area contributed by atoms with Crippen LogP contribution in [0.3, 0.4) is 0 Å². The van der Waals surface area contributed by atoms with Crippen molar-refractivity contribution < 1.29 is 10.2 Å². The third-order valence-corrected chi connectivity index (χ3v) is 3.49. The third kappa shape index (κ3) is 2.63. The van der Waals surface area contributed by atoms with Crippen LogP contribution in [0.1, 0.15) is 62.8 Å². The lowest BCUT2D eigenvalue weighted by molar-refractivity contribution is 0.432. The highest BCUT2D eigenvalue weighted by Gasteiger charge is 2.22. The lowest BCUT2D eigenvalue weighted by Gasteiger charge is -2.22. The Hall–Kier alpha value is -1.18. The Morgan fingerprint density at radius 3 is 1.89 bits per heavy atom. The second-order valence-electron chi connectivity index (χ2n) is 5.80. The van der Waals surface area contributed by atoms with Crippen LogP contribution in [0.4, 0.5) is 0 Å². The molecule has 2 N–H and O–H groups in total. The van der Waals surface area contributed by atoms with Crippen molar-refractivity contribution in [3.8, 4) is 11.5 Å². The molecule has 0 bridgehead atoms. The van der Waals surface area contributed by atoms with Crippen molar-refractivity contribution in [1.29, 1.82) is 0 Å². The molecule has 0 radical (unpaired) electrons. The lowest BCUT2D eigenvalue weighted by Crippen LogP contribution is -2.05. The zero-order chi connectivity index (χ0) is 14.0. The molecule has 1 rings (SSSR count). The summed E-state index contributed by atoms with van der Waals surface area (Å²) in [5.74, 6) is 1.44. The molecule has 0 aliphatic carbocycles. The van der Waals surface area contributed by atoms with E-state index in [0.717, 1.165) is 35.1 Å². The predicted octanol–water partition coefficient (Wildman–Crippen LogP) is 4.29. The molecule has 0 amide bonds. The van der Waals surface area contributed by atoms with Crippen molar-refractivity contribution in [1.82, 2.24) is 0 Å². The summed E-state index contributed by atoms with van der Waals surface area (Å²) in [5.41, 5.74) is 3.55. The topological polar surface area (TPSA) is 40.5 Å². The van der Waals surface area contributed by atoms with Crippen LogP contribution in [0, 0.1) is 12.8 Å². The van der Waals surface area contributed by atoms with Crippen LogP contribution in [0.25, 0.3) is 0 Å². The lowest BCUT2D eigenvalue weighted by atomic mass is 9.86. The fraction of sp³-hybridized carbons (Fsp3) is 0.625. The Morgan fingerprint density at radius 1 is 0.944 bits per heavy atom. The molecule has 0 aromatic heterocycles. The molecule has 0 atom stereocenters. The molecule has 102 valence electrons. The summed E-state index contributed by atoms with van der Waals surface area (Å²) in [4.78, 5) is 0. The average Bonchev–Trinajstić information content (AvgIpc) is 2.25. The second kappa shape index (κ2) is 5.64. The highest BCUT2D eigenvalue weighted by Crippen LogP contribution is 2.41. The highest BCUT2D eigenvalue weighted by atomic mass is 16.3. The van der Waals surface area contributed by atoms with Crippen LogP contribution < -0.4 is 0 Å². The van der Waals surface area contributed by atoms with Crippen LogP contribution in [0.2, 0.25) is 0 Å². The molecule has 1 aromatic carbocycles. The molecule has 0 aliphatic heterocycles. The van der Waals surface area contributed by atoms with E-state index < -0.39 is 0 Å². The summed E-state index contributed by atoms with van der Waals surface area (Å²) in [6, 6.07) is 0. The standard InChI is InChI=1S/C16H26O2/c1-7-12-13(8-9(2)3)15(17)11(6)14(10(4)5)16(12)18/h9-10,17-18H,7-8H2,1-6H3. The van der Waals surface area contributed by atoms with Gasteiger partial charge in [0.25, 0.3) is 0 Å². The summed E-state index contributed by atoms with van der Waals surface area (Å²) >= 11 is 0. The fourth-order valence-corrected chi connectivity index (χ4v) is 2.70. The summed E-state index contributed by atoms with van der Waals surface area (Å²) in [6.45, 7) is 12.3. The molecule has 0 unspecified atom stereocenters. The second-order valence-corrected chi connectivity index (χ2v) is 5.80. The van der Waals surface area contributed by atoms with Crippen molar-refractivity contribution in [2.75, 3.05) is 0 Å². The van der Waals surface area contributed by atoms with E-state index in [9.17, 15) is 10.2 Å². The van der Waals surface area contributed by atoms with Gasteiger partial charge in [0.1, 0.15) is 11.5 Å². The van der Waals surface area contributed by atoms with Crippen molar-refractivity contribution in [3.63, 3.8) is 0 Å². The predicted molar refractivity (Wildman–Crippen MR) is 76.5 cm³/mol. The maximum absolute atomic E-state index is 10.4. The largest absolute Gasteiger partial charge is 0.507 e. The van der Waals surface area contributed by atoms with Gasteiger partial charge in [0.15, 0.2) is 0 Å². The Labute approximate surface area is 111 Å². The SMILES string of the molecule is CCc1c(O)c(C(C)C)c(C)c(O)c1CC(C)C. The van der Waals surface area contributed by atoms with Crippen molar-refractivity contribution in [2.45, 2.75) is 60.3 Å². The molecular formula is C16H26O2. The minimum absolute atomic E-state index is 0.217. The first kappa shape index (κ1) is 14.9. The first-order valence-corrected chi connectivity index (χ1v) is 6.87. The van der Waals surface area contributed by atoms with Gasteiger partial charge < -0.3 is 10.2 Å². The molecule has 2 heteroatoms. The molecule has 0 saturated carbocycles. The zero-order valence-corrected chi connectivity index (χ0v) is 12.5. The van der Waals surface area contributed by atoms with Gasteiger partial charge in [-0.2, -0.15) is 0 Å². The maximum Gasteiger partial charge on any atom is 0.123 e. The van der Waals surface area contributed by atoms with Gasteiger partial charge >= 0.3 is 0 Å². The molecule has 0 saturated heterocycles. The molecule has 0 fully saturated rings. The van der Waals surface area contributed by atoms with E-state index in [-0.39, 0.29) is 5.92 Å². The number of hydrogen-bond donors (Lipinski definition) is 2. The first-order valence-electron chi connectivity index (χ1n) is 6.87.